The number of hydrogen-bond acceptors (Lipinski definition) is 5. The molecule has 0 unspecified atom stereocenters. The summed E-state index contributed by atoms with van der Waals surface area (Å²) in [5.41, 5.74) is 0.0573. The number of halogens is 5. The summed E-state index contributed by atoms with van der Waals surface area (Å²) in [6, 6.07) is 13.4. The van der Waals surface area contributed by atoms with Crippen LogP contribution in [-0.4, -0.2) is 37.0 Å². The van der Waals surface area contributed by atoms with Crippen LogP contribution in [0.2, 0.25) is 0 Å². The third-order valence-electron chi connectivity index (χ3n) is 10.8. The highest BCUT2D eigenvalue weighted by Crippen LogP contribution is 2.70. The molecule has 2 aromatic carbocycles. The predicted molar refractivity (Wildman–Crippen MR) is 158 cm³/mol. The summed E-state index contributed by atoms with van der Waals surface area (Å²) < 4.78 is 95.1. The SMILES string of the molecule is C[C@]12C[C@H](c3ccc(CNc4cccc(S(N)(=O)=O)c4)cc3)C3=C4CCC(=O)C=C4CC[C@H]3[C@@H]1CC[C@@]2(O)C(F)(F)C(F)(F)F. The van der Waals surface area contributed by atoms with Crippen LogP contribution in [0.5, 0.6) is 0 Å². The summed E-state index contributed by atoms with van der Waals surface area (Å²) in [5, 5.41) is 19.8. The van der Waals surface area contributed by atoms with Crippen molar-refractivity contribution in [3.05, 3.63) is 82.5 Å². The third-order valence-corrected chi connectivity index (χ3v) is 11.7. The second kappa shape index (κ2) is 10.7. The number of hydrogen-bond donors (Lipinski definition) is 3. The molecule has 0 aliphatic heterocycles. The lowest BCUT2D eigenvalue weighted by Crippen LogP contribution is -2.65. The lowest BCUT2D eigenvalue weighted by molar-refractivity contribution is -0.362. The molecule has 4 N–H and O–H groups in total. The van der Waals surface area contributed by atoms with Gasteiger partial charge in [0, 0.05) is 30.0 Å². The Morgan fingerprint density at radius 2 is 1.73 bits per heavy atom. The molecule has 0 amide bonds. The number of sulfonamides is 1. The highest BCUT2D eigenvalue weighted by molar-refractivity contribution is 7.89. The van der Waals surface area contributed by atoms with Gasteiger partial charge in [0.25, 0.3) is 0 Å². The van der Waals surface area contributed by atoms with E-state index in [0.717, 1.165) is 27.8 Å². The van der Waals surface area contributed by atoms with Gasteiger partial charge in [-0.05, 0) is 96.9 Å². The maximum absolute atomic E-state index is 15.2. The van der Waals surface area contributed by atoms with Gasteiger partial charge >= 0.3 is 12.1 Å². The van der Waals surface area contributed by atoms with Crippen LogP contribution >= 0.6 is 0 Å². The molecule has 0 heterocycles. The quantitative estimate of drug-likeness (QED) is 0.299. The van der Waals surface area contributed by atoms with Gasteiger partial charge in [0.05, 0.1) is 4.90 Å². The number of anilines is 1. The smallest absolute Gasteiger partial charge is 0.383 e. The molecular formula is C33H35F5N2O4S. The maximum atomic E-state index is 15.2. The minimum atomic E-state index is -5.90. The van der Waals surface area contributed by atoms with Crippen LogP contribution in [0.25, 0.3) is 0 Å². The normalized spacial score (nSPS) is 30.4. The lowest BCUT2D eigenvalue weighted by atomic mass is 9.50. The molecule has 2 aromatic rings. The van der Waals surface area contributed by atoms with Crippen molar-refractivity contribution in [3.8, 4) is 0 Å². The second-order valence-corrected chi connectivity index (χ2v) is 14.7. The Kier molecular flexibility index (Phi) is 7.60. The molecule has 45 heavy (non-hydrogen) atoms. The van der Waals surface area contributed by atoms with Crippen LogP contribution in [0.1, 0.15) is 68.9 Å². The number of alkyl halides is 5. The van der Waals surface area contributed by atoms with Gasteiger partial charge in [-0.25, -0.2) is 13.6 Å². The first-order chi connectivity index (χ1) is 21.0. The van der Waals surface area contributed by atoms with Crippen molar-refractivity contribution in [2.75, 3.05) is 5.32 Å². The van der Waals surface area contributed by atoms with Gasteiger partial charge in [-0.1, -0.05) is 42.8 Å². The van der Waals surface area contributed by atoms with Gasteiger partial charge in [0.2, 0.25) is 10.0 Å². The Bertz CT molecular complexity index is 1700. The number of allylic oxidation sites excluding steroid dienone is 4. The zero-order chi connectivity index (χ0) is 32.6. The van der Waals surface area contributed by atoms with Crippen molar-refractivity contribution in [1.29, 1.82) is 0 Å². The van der Waals surface area contributed by atoms with E-state index in [0.29, 0.717) is 37.9 Å². The monoisotopic (exact) mass is 650 g/mol. The van der Waals surface area contributed by atoms with Crippen LogP contribution in [0.4, 0.5) is 27.6 Å². The Balaban J connectivity index is 1.36. The van der Waals surface area contributed by atoms with E-state index in [2.05, 4.69) is 5.32 Å². The van der Waals surface area contributed by atoms with Crippen molar-refractivity contribution in [1.82, 2.24) is 0 Å². The number of nitrogens with one attached hydrogen (secondary N) is 1. The van der Waals surface area contributed by atoms with Crippen LogP contribution in [0, 0.1) is 17.3 Å². The van der Waals surface area contributed by atoms with E-state index >= 15 is 8.78 Å². The van der Waals surface area contributed by atoms with E-state index in [1.54, 1.807) is 18.2 Å². The number of ketones is 1. The standard InChI is InChI=1S/C33H35F5N2O4S/c1-30-17-27(20-7-5-19(6-8-20)18-40-22-3-2-4-24(16-22)45(39,43)44)29-25-12-10-23(41)15-21(25)9-11-26(29)28(30)13-14-31(30,42)32(34,35)33(36,37)38/h2-8,15-16,26-28,40,42H,9-14,17-18H2,1H3,(H2,39,43,44)/t26-,27+,28-,30-,31-/m0/s1. The zero-order valence-electron chi connectivity index (χ0n) is 24.6. The number of nitrogens with two attached hydrogens (primary N) is 1. The number of primary sulfonamides is 1. The van der Waals surface area contributed by atoms with E-state index in [9.17, 15) is 31.5 Å². The summed E-state index contributed by atoms with van der Waals surface area (Å²) in [4.78, 5) is 12.2. The summed E-state index contributed by atoms with van der Waals surface area (Å²) in [7, 11) is -3.88. The molecule has 6 rings (SSSR count). The minimum absolute atomic E-state index is 0.0245. The number of rotatable bonds is 6. The van der Waals surface area contributed by atoms with E-state index in [1.165, 1.54) is 19.1 Å². The molecule has 12 heteroatoms. The fraction of sp³-hybridized carbons (Fsp3) is 0.485. The van der Waals surface area contributed by atoms with E-state index in [-0.39, 0.29) is 29.4 Å². The Hall–Kier alpha value is -3.09. The number of carbonyl (C=O) groups excluding carboxylic acids is 1. The van der Waals surface area contributed by atoms with Crippen LogP contribution < -0.4 is 10.5 Å². The number of fused-ring (bicyclic) bond motifs is 4. The highest BCUT2D eigenvalue weighted by atomic mass is 32.2. The summed E-state index contributed by atoms with van der Waals surface area (Å²) in [6.07, 6.45) is -3.06. The molecule has 0 saturated heterocycles. The fourth-order valence-corrected chi connectivity index (χ4v) is 9.13. The van der Waals surface area contributed by atoms with Gasteiger partial charge in [0.15, 0.2) is 5.78 Å². The molecule has 242 valence electrons. The fourth-order valence-electron chi connectivity index (χ4n) is 8.57. The molecule has 0 spiro atoms. The molecule has 2 fully saturated rings. The average molecular weight is 651 g/mol. The van der Waals surface area contributed by atoms with Gasteiger partial charge in [0.1, 0.15) is 5.60 Å². The highest BCUT2D eigenvalue weighted by Gasteiger charge is 2.79. The van der Waals surface area contributed by atoms with Crippen molar-refractivity contribution < 1.29 is 40.3 Å². The number of aliphatic hydroxyl groups is 1. The van der Waals surface area contributed by atoms with Crippen molar-refractivity contribution in [2.45, 2.75) is 86.9 Å². The lowest BCUT2D eigenvalue weighted by Gasteiger charge is -2.56. The molecule has 0 radical (unpaired) electrons. The second-order valence-electron chi connectivity index (χ2n) is 13.1. The molecule has 4 aliphatic rings. The predicted octanol–water partition coefficient (Wildman–Crippen LogP) is 6.77. The third kappa shape index (κ3) is 5.13. The molecule has 0 bridgehead atoms. The Morgan fingerprint density at radius 1 is 1.02 bits per heavy atom. The average Bonchev–Trinajstić information content (AvgIpc) is 3.26. The minimum Gasteiger partial charge on any atom is -0.383 e. The van der Waals surface area contributed by atoms with Crippen LogP contribution in [0.3, 0.4) is 0 Å². The Morgan fingerprint density at radius 3 is 2.40 bits per heavy atom. The van der Waals surface area contributed by atoms with Crippen molar-refractivity contribution >= 4 is 21.5 Å². The maximum Gasteiger partial charge on any atom is 0.456 e. The van der Waals surface area contributed by atoms with Crippen LogP contribution in [0.15, 0.2) is 76.2 Å². The van der Waals surface area contributed by atoms with E-state index in [4.69, 9.17) is 5.14 Å². The first-order valence-electron chi connectivity index (χ1n) is 15.1. The summed E-state index contributed by atoms with van der Waals surface area (Å²) in [6.45, 7) is 1.73. The molecular weight excluding hydrogens is 615 g/mol. The molecule has 2 saturated carbocycles. The van der Waals surface area contributed by atoms with Crippen molar-refractivity contribution in [2.24, 2.45) is 22.4 Å². The van der Waals surface area contributed by atoms with Gasteiger partial charge in [-0.2, -0.15) is 22.0 Å². The van der Waals surface area contributed by atoms with E-state index < -0.39 is 51.4 Å². The molecule has 0 aromatic heterocycles. The Labute approximate surface area is 258 Å². The number of benzene rings is 2. The molecule has 4 aliphatic carbocycles. The summed E-state index contributed by atoms with van der Waals surface area (Å²) in [5.74, 6) is -6.64. The first kappa shape index (κ1) is 31.9. The topological polar surface area (TPSA) is 109 Å². The summed E-state index contributed by atoms with van der Waals surface area (Å²) >= 11 is 0. The van der Waals surface area contributed by atoms with E-state index in [1.807, 2.05) is 24.3 Å². The van der Waals surface area contributed by atoms with Crippen LogP contribution in [-0.2, 0) is 21.4 Å². The van der Waals surface area contributed by atoms with Gasteiger partial charge < -0.3 is 10.4 Å². The molecule has 6 nitrogen and oxygen atoms in total. The van der Waals surface area contributed by atoms with Gasteiger partial charge in [-0.3, -0.25) is 4.79 Å². The van der Waals surface area contributed by atoms with Crippen molar-refractivity contribution in [3.63, 3.8) is 0 Å². The largest absolute Gasteiger partial charge is 0.456 e. The first-order valence-corrected chi connectivity index (χ1v) is 16.6. The van der Waals surface area contributed by atoms with Gasteiger partial charge in [-0.15, -0.1) is 0 Å². The number of carbonyl (C=O) groups is 1. The molecule has 5 atom stereocenters. The zero-order valence-corrected chi connectivity index (χ0v) is 25.4.